The van der Waals surface area contributed by atoms with E-state index in [9.17, 15) is 0 Å². The standard InChI is InChI=1S/C17H21N3/c1-2-8-16-15(7-1)17(9-5-12-19-16)20-13-10-14-6-3-4-11-18-14/h1-4,6-8,11,17,19-20H,5,9-10,12-13H2/t17-/m0/s1. The average molecular weight is 267 g/mol. The molecule has 0 unspecified atom stereocenters. The zero-order chi connectivity index (χ0) is 13.6. The fourth-order valence-corrected chi connectivity index (χ4v) is 2.78. The SMILES string of the molecule is c1ccc(CCN[C@H]2CCCNc3ccccc32)nc1. The number of rotatable bonds is 4. The summed E-state index contributed by atoms with van der Waals surface area (Å²) in [5.41, 5.74) is 3.83. The summed E-state index contributed by atoms with van der Waals surface area (Å²) in [6.07, 6.45) is 5.23. The first-order valence-corrected chi connectivity index (χ1v) is 7.39. The van der Waals surface area contributed by atoms with Crippen LogP contribution in [0.15, 0.2) is 48.7 Å². The third kappa shape index (κ3) is 3.17. The number of hydrogen-bond acceptors (Lipinski definition) is 3. The van der Waals surface area contributed by atoms with Crippen molar-refractivity contribution in [3.8, 4) is 0 Å². The summed E-state index contributed by atoms with van der Waals surface area (Å²) in [5.74, 6) is 0. The Kier molecular flexibility index (Phi) is 4.28. The summed E-state index contributed by atoms with van der Waals surface area (Å²) in [5, 5.41) is 7.20. The predicted octanol–water partition coefficient (Wildman–Crippen LogP) is 3.16. The molecular weight excluding hydrogens is 246 g/mol. The molecule has 1 aliphatic rings. The van der Waals surface area contributed by atoms with Crippen LogP contribution in [-0.4, -0.2) is 18.1 Å². The van der Waals surface area contributed by atoms with Gasteiger partial charge in [-0.3, -0.25) is 4.98 Å². The topological polar surface area (TPSA) is 37.0 Å². The Morgan fingerprint density at radius 3 is 2.95 bits per heavy atom. The second kappa shape index (κ2) is 6.53. The lowest BCUT2D eigenvalue weighted by Gasteiger charge is -2.19. The van der Waals surface area contributed by atoms with Crippen molar-refractivity contribution in [1.82, 2.24) is 10.3 Å². The summed E-state index contributed by atoms with van der Waals surface area (Å²) in [4.78, 5) is 4.37. The molecule has 0 fully saturated rings. The molecule has 0 aliphatic carbocycles. The molecule has 2 heterocycles. The van der Waals surface area contributed by atoms with Crippen LogP contribution in [0.5, 0.6) is 0 Å². The molecule has 0 saturated carbocycles. The van der Waals surface area contributed by atoms with Gasteiger partial charge in [0.05, 0.1) is 0 Å². The van der Waals surface area contributed by atoms with Gasteiger partial charge < -0.3 is 10.6 Å². The number of nitrogens with zero attached hydrogens (tertiary/aromatic N) is 1. The third-order valence-electron chi connectivity index (χ3n) is 3.82. The zero-order valence-electron chi connectivity index (χ0n) is 11.7. The van der Waals surface area contributed by atoms with E-state index in [-0.39, 0.29) is 0 Å². The van der Waals surface area contributed by atoms with E-state index in [0.29, 0.717) is 6.04 Å². The van der Waals surface area contributed by atoms with Crippen molar-refractivity contribution in [2.45, 2.75) is 25.3 Å². The number of hydrogen-bond donors (Lipinski definition) is 2. The molecule has 3 heteroatoms. The van der Waals surface area contributed by atoms with Crippen molar-refractivity contribution in [3.63, 3.8) is 0 Å². The Hall–Kier alpha value is -1.87. The number of aromatic nitrogens is 1. The summed E-state index contributed by atoms with van der Waals surface area (Å²) in [7, 11) is 0. The van der Waals surface area contributed by atoms with Gasteiger partial charge in [-0.1, -0.05) is 24.3 Å². The minimum Gasteiger partial charge on any atom is -0.385 e. The van der Waals surface area contributed by atoms with Gasteiger partial charge in [-0.2, -0.15) is 0 Å². The normalized spacial score (nSPS) is 17.9. The highest BCUT2D eigenvalue weighted by Gasteiger charge is 2.17. The quantitative estimate of drug-likeness (QED) is 0.893. The van der Waals surface area contributed by atoms with Crippen molar-refractivity contribution in [1.29, 1.82) is 0 Å². The van der Waals surface area contributed by atoms with E-state index in [1.807, 2.05) is 18.3 Å². The molecule has 3 rings (SSSR count). The third-order valence-corrected chi connectivity index (χ3v) is 3.82. The maximum atomic E-state index is 4.37. The molecule has 0 saturated heterocycles. The maximum absolute atomic E-state index is 4.37. The summed E-state index contributed by atoms with van der Waals surface area (Å²) < 4.78 is 0. The summed E-state index contributed by atoms with van der Waals surface area (Å²) >= 11 is 0. The van der Waals surface area contributed by atoms with Crippen LogP contribution >= 0.6 is 0 Å². The van der Waals surface area contributed by atoms with Crippen molar-refractivity contribution in [2.24, 2.45) is 0 Å². The first kappa shape index (κ1) is 13.1. The Balaban J connectivity index is 1.62. The number of pyridine rings is 1. The summed E-state index contributed by atoms with van der Waals surface area (Å²) in [6, 6.07) is 15.2. The molecule has 2 N–H and O–H groups in total. The fraction of sp³-hybridized carbons (Fsp3) is 0.353. The second-order valence-corrected chi connectivity index (χ2v) is 5.23. The molecule has 2 aromatic rings. The lowest BCUT2D eigenvalue weighted by molar-refractivity contribution is 0.500. The van der Waals surface area contributed by atoms with Gasteiger partial charge in [-0.15, -0.1) is 0 Å². The van der Waals surface area contributed by atoms with Gasteiger partial charge in [0.15, 0.2) is 0 Å². The Morgan fingerprint density at radius 1 is 1.15 bits per heavy atom. The van der Waals surface area contributed by atoms with E-state index in [1.54, 1.807) is 0 Å². The molecule has 104 valence electrons. The number of fused-ring (bicyclic) bond motifs is 1. The largest absolute Gasteiger partial charge is 0.385 e. The molecule has 20 heavy (non-hydrogen) atoms. The Morgan fingerprint density at radius 2 is 2.05 bits per heavy atom. The minimum absolute atomic E-state index is 0.449. The van der Waals surface area contributed by atoms with Gasteiger partial charge in [-0.05, 0) is 36.6 Å². The molecule has 1 aromatic carbocycles. The number of nitrogens with one attached hydrogen (secondary N) is 2. The molecule has 0 spiro atoms. The minimum atomic E-state index is 0.449. The van der Waals surface area contributed by atoms with E-state index in [0.717, 1.165) is 25.2 Å². The van der Waals surface area contributed by atoms with Crippen LogP contribution in [0, 0.1) is 0 Å². The molecule has 1 aromatic heterocycles. The van der Waals surface area contributed by atoms with Gasteiger partial charge in [0.2, 0.25) is 0 Å². The number of anilines is 1. The Labute approximate surface area is 120 Å². The molecule has 3 nitrogen and oxygen atoms in total. The lowest BCUT2D eigenvalue weighted by atomic mass is 10.0. The van der Waals surface area contributed by atoms with Crippen LogP contribution in [0.3, 0.4) is 0 Å². The molecule has 1 aliphatic heterocycles. The van der Waals surface area contributed by atoms with E-state index < -0.39 is 0 Å². The molecule has 0 radical (unpaired) electrons. The average Bonchev–Trinajstić information content (AvgIpc) is 2.71. The molecule has 0 amide bonds. The van der Waals surface area contributed by atoms with Crippen LogP contribution in [-0.2, 0) is 6.42 Å². The van der Waals surface area contributed by atoms with Gasteiger partial charge in [-0.25, -0.2) is 0 Å². The van der Waals surface area contributed by atoms with Crippen LogP contribution in [0.1, 0.15) is 30.1 Å². The fourth-order valence-electron chi connectivity index (χ4n) is 2.78. The van der Waals surface area contributed by atoms with Gasteiger partial charge in [0, 0.05) is 43.1 Å². The zero-order valence-corrected chi connectivity index (χ0v) is 11.7. The number of para-hydroxylation sites is 1. The predicted molar refractivity (Wildman–Crippen MR) is 82.9 cm³/mol. The smallest absolute Gasteiger partial charge is 0.0416 e. The maximum Gasteiger partial charge on any atom is 0.0416 e. The highest BCUT2D eigenvalue weighted by Crippen LogP contribution is 2.28. The second-order valence-electron chi connectivity index (χ2n) is 5.23. The van der Waals surface area contributed by atoms with E-state index in [4.69, 9.17) is 0 Å². The van der Waals surface area contributed by atoms with Crippen LogP contribution in [0.2, 0.25) is 0 Å². The summed E-state index contributed by atoms with van der Waals surface area (Å²) in [6.45, 7) is 2.03. The van der Waals surface area contributed by atoms with Crippen LogP contribution < -0.4 is 10.6 Å². The number of benzene rings is 1. The van der Waals surface area contributed by atoms with Crippen LogP contribution in [0.4, 0.5) is 5.69 Å². The Bertz CT molecular complexity index is 539. The van der Waals surface area contributed by atoms with Crippen molar-refractivity contribution >= 4 is 5.69 Å². The highest BCUT2D eigenvalue weighted by molar-refractivity contribution is 5.53. The van der Waals surface area contributed by atoms with E-state index in [1.165, 1.54) is 24.1 Å². The van der Waals surface area contributed by atoms with Crippen LogP contribution in [0.25, 0.3) is 0 Å². The van der Waals surface area contributed by atoms with Crippen molar-refractivity contribution < 1.29 is 0 Å². The molecule has 1 atom stereocenters. The molecule has 0 bridgehead atoms. The lowest BCUT2D eigenvalue weighted by Crippen LogP contribution is -2.23. The first-order chi connectivity index (χ1) is 9.93. The van der Waals surface area contributed by atoms with Crippen molar-refractivity contribution in [2.75, 3.05) is 18.4 Å². The first-order valence-electron chi connectivity index (χ1n) is 7.39. The highest BCUT2D eigenvalue weighted by atomic mass is 14.9. The van der Waals surface area contributed by atoms with E-state index in [2.05, 4.69) is 45.9 Å². The van der Waals surface area contributed by atoms with Gasteiger partial charge >= 0.3 is 0 Å². The molecular formula is C17H21N3. The van der Waals surface area contributed by atoms with Gasteiger partial charge in [0.1, 0.15) is 0 Å². The monoisotopic (exact) mass is 267 g/mol. The van der Waals surface area contributed by atoms with Crippen molar-refractivity contribution in [3.05, 3.63) is 59.9 Å². The van der Waals surface area contributed by atoms with E-state index >= 15 is 0 Å². The van der Waals surface area contributed by atoms with Gasteiger partial charge in [0.25, 0.3) is 0 Å².